The van der Waals surface area contributed by atoms with Crippen LogP contribution in [0, 0.1) is 11.8 Å². The molecule has 0 aliphatic heterocycles. The summed E-state index contributed by atoms with van der Waals surface area (Å²) in [6.07, 6.45) is 3.50. The molecule has 0 radical (unpaired) electrons. The molecule has 1 N–H and O–H groups in total. The molecule has 1 aromatic rings. The molecule has 0 aromatic heterocycles. The van der Waals surface area contributed by atoms with E-state index < -0.39 is 5.97 Å². The predicted molar refractivity (Wildman–Crippen MR) is 80.6 cm³/mol. The van der Waals surface area contributed by atoms with Crippen LogP contribution in [0.5, 0.6) is 0 Å². The second-order valence-corrected chi connectivity index (χ2v) is 6.32. The molecule has 20 heavy (non-hydrogen) atoms. The summed E-state index contributed by atoms with van der Waals surface area (Å²) in [5, 5.41) is 9.21. The fourth-order valence-corrected chi connectivity index (χ4v) is 2.73. The normalized spacial score (nSPS) is 16.6. The van der Waals surface area contributed by atoms with Gasteiger partial charge in [-0.05, 0) is 36.7 Å². The van der Waals surface area contributed by atoms with Crippen LogP contribution in [0.3, 0.4) is 0 Å². The Labute approximate surface area is 121 Å². The van der Waals surface area contributed by atoms with E-state index in [1.165, 1.54) is 18.4 Å². The molecule has 1 aliphatic rings. The Kier molecular flexibility index (Phi) is 5.18. The van der Waals surface area contributed by atoms with Gasteiger partial charge in [-0.25, -0.2) is 0 Å². The molecule has 0 saturated heterocycles. The Morgan fingerprint density at radius 2 is 1.95 bits per heavy atom. The van der Waals surface area contributed by atoms with Gasteiger partial charge in [-0.2, -0.15) is 0 Å². The molecule has 3 heteroatoms. The van der Waals surface area contributed by atoms with Crippen molar-refractivity contribution in [2.45, 2.75) is 39.2 Å². The molecule has 0 amide bonds. The van der Waals surface area contributed by atoms with Gasteiger partial charge in [0.25, 0.3) is 0 Å². The Hall–Kier alpha value is -1.35. The third-order valence-corrected chi connectivity index (χ3v) is 3.85. The van der Waals surface area contributed by atoms with Gasteiger partial charge in [-0.1, -0.05) is 44.2 Å². The summed E-state index contributed by atoms with van der Waals surface area (Å²) >= 11 is 0. The van der Waals surface area contributed by atoms with Crippen molar-refractivity contribution in [1.29, 1.82) is 0 Å². The number of benzene rings is 1. The zero-order chi connectivity index (χ0) is 14.5. The minimum atomic E-state index is -0.727. The SMILES string of the molecule is CC(C)CC(c1ccccc1)N(CC(=O)O)CC1CC1. The maximum Gasteiger partial charge on any atom is 0.317 e. The van der Waals surface area contributed by atoms with Gasteiger partial charge < -0.3 is 5.11 Å². The fourth-order valence-electron chi connectivity index (χ4n) is 2.73. The van der Waals surface area contributed by atoms with E-state index in [1.807, 2.05) is 18.2 Å². The van der Waals surface area contributed by atoms with Crippen LogP contribution in [-0.4, -0.2) is 29.1 Å². The number of hydrogen-bond donors (Lipinski definition) is 1. The lowest BCUT2D eigenvalue weighted by molar-refractivity contribution is -0.139. The van der Waals surface area contributed by atoms with E-state index in [0.29, 0.717) is 11.8 Å². The van der Waals surface area contributed by atoms with Gasteiger partial charge in [0.2, 0.25) is 0 Å². The Morgan fingerprint density at radius 3 is 2.45 bits per heavy atom. The lowest BCUT2D eigenvalue weighted by Gasteiger charge is -2.32. The van der Waals surface area contributed by atoms with Gasteiger partial charge >= 0.3 is 5.97 Å². The summed E-state index contributed by atoms with van der Waals surface area (Å²) in [4.78, 5) is 13.4. The van der Waals surface area contributed by atoms with Crippen LogP contribution in [0.4, 0.5) is 0 Å². The minimum Gasteiger partial charge on any atom is -0.480 e. The first-order valence-corrected chi connectivity index (χ1v) is 7.57. The molecule has 0 spiro atoms. The molecular weight excluding hydrogens is 250 g/mol. The van der Waals surface area contributed by atoms with Crippen LogP contribution >= 0.6 is 0 Å². The summed E-state index contributed by atoms with van der Waals surface area (Å²) in [6, 6.07) is 10.5. The molecule has 110 valence electrons. The zero-order valence-corrected chi connectivity index (χ0v) is 12.5. The first kappa shape index (κ1) is 15.0. The quantitative estimate of drug-likeness (QED) is 0.788. The average Bonchev–Trinajstić information content (AvgIpc) is 3.19. The smallest absolute Gasteiger partial charge is 0.317 e. The number of carboxylic acids is 1. The highest BCUT2D eigenvalue weighted by molar-refractivity contribution is 5.69. The average molecular weight is 275 g/mol. The molecule has 1 aromatic carbocycles. The lowest BCUT2D eigenvalue weighted by Crippen LogP contribution is -2.36. The summed E-state index contributed by atoms with van der Waals surface area (Å²) in [6.45, 7) is 5.46. The van der Waals surface area contributed by atoms with Gasteiger partial charge in [0.05, 0.1) is 6.54 Å². The van der Waals surface area contributed by atoms with E-state index in [4.69, 9.17) is 0 Å². The van der Waals surface area contributed by atoms with Gasteiger partial charge in [-0.15, -0.1) is 0 Å². The van der Waals surface area contributed by atoms with E-state index in [-0.39, 0.29) is 12.6 Å². The third-order valence-electron chi connectivity index (χ3n) is 3.85. The van der Waals surface area contributed by atoms with Gasteiger partial charge in [0.15, 0.2) is 0 Å². The number of aliphatic carboxylic acids is 1. The van der Waals surface area contributed by atoms with Crippen molar-refractivity contribution in [2.75, 3.05) is 13.1 Å². The van der Waals surface area contributed by atoms with E-state index in [1.54, 1.807) is 0 Å². The molecule has 0 heterocycles. The van der Waals surface area contributed by atoms with Crippen molar-refractivity contribution in [1.82, 2.24) is 4.90 Å². The van der Waals surface area contributed by atoms with Crippen LogP contribution in [0.2, 0.25) is 0 Å². The van der Waals surface area contributed by atoms with E-state index in [9.17, 15) is 9.90 Å². The minimum absolute atomic E-state index is 0.142. The first-order valence-electron chi connectivity index (χ1n) is 7.57. The molecule has 1 saturated carbocycles. The second kappa shape index (κ2) is 6.89. The maximum absolute atomic E-state index is 11.2. The summed E-state index contributed by atoms with van der Waals surface area (Å²) < 4.78 is 0. The Bertz CT molecular complexity index is 426. The van der Waals surface area contributed by atoms with Crippen molar-refractivity contribution in [3.05, 3.63) is 35.9 Å². The van der Waals surface area contributed by atoms with Gasteiger partial charge in [0, 0.05) is 12.6 Å². The zero-order valence-electron chi connectivity index (χ0n) is 12.5. The molecule has 1 aliphatic carbocycles. The Morgan fingerprint density at radius 1 is 1.30 bits per heavy atom. The number of carboxylic acid groups (broad SMARTS) is 1. The molecule has 1 fully saturated rings. The molecule has 2 rings (SSSR count). The third kappa shape index (κ3) is 4.64. The van der Waals surface area contributed by atoms with E-state index >= 15 is 0 Å². The molecular formula is C17H25NO2. The number of carbonyl (C=O) groups is 1. The van der Waals surface area contributed by atoms with Gasteiger partial charge in [-0.3, -0.25) is 9.69 Å². The summed E-state index contributed by atoms with van der Waals surface area (Å²) in [7, 11) is 0. The predicted octanol–water partition coefficient (Wildman–Crippen LogP) is 3.57. The second-order valence-electron chi connectivity index (χ2n) is 6.32. The fraction of sp³-hybridized carbons (Fsp3) is 0.588. The topological polar surface area (TPSA) is 40.5 Å². The van der Waals surface area contributed by atoms with Crippen LogP contribution in [0.1, 0.15) is 44.7 Å². The lowest BCUT2D eigenvalue weighted by atomic mass is 9.95. The molecule has 1 atom stereocenters. The van der Waals surface area contributed by atoms with Crippen LogP contribution in [0.25, 0.3) is 0 Å². The summed E-state index contributed by atoms with van der Waals surface area (Å²) in [5.41, 5.74) is 1.24. The van der Waals surface area contributed by atoms with Crippen LogP contribution in [0.15, 0.2) is 30.3 Å². The maximum atomic E-state index is 11.2. The highest BCUT2D eigenvalue weighted by Crippen LogP contribution is 2.34. The van der Waals surface area contributed by atoms with Crippen molar-refractivity contribution < 1.29 is 9.90 Å². The molecule has 3 nitrogen and oxygen atoms in total. The highest BCUT2D eigenvalue weighted by Gasteiger charge is 2.30. The van der Waals surface area contributed by atoms with Crippen LogP contribution in [-0.2, 0) is 4.79 Å². The van der Waals surface area contributed by atoms with Crippen molar-refractivity contribution in [2.24, 2.45) is 11.8 Å². The van der Waals surface area contributed by atoms with Crippen molar-refractivity contribution in [3.63, 3.8) is 0 Å². The van der Waals surface area contributed by atoms with Crippen molar-refractivity contribution in [3.8, 4) is 0 Å². The first-order chi connectivity index (χ1) is 9.56. The number of rotatable bonds is 8. The molecule has 0 bridgehead atoms. The Balaban J connectivity index is 2.18. The van der Waals surface area contributed by atoms with Crippen LogP contribution < -0.4 is 0 Å². The number of nitrogens with zero attached hydrogens (tertiary/aromatic N) is 1. The largest absolute Gasteiger partial charge is 0.480 e. The number of hydrogen-bond acceptors (Lipinski definition) is 2. The highest BCUT2D eigenvalue weighted by atomic mass is 16.4. The van der Waals surface area contributed by atoms with Crippen molar-refractivity contribution >= 4 is 5.97 Å². The standard InChI is InChI=1S/C17H25NO2/c1-13(2)10-16(15-6-4-3-5-7-15)18(12-17(19)20)11-14-8-9-14/h3-7,13-14,16H,8-12H2,1-2H3,(H,19,20). The molecule has 1 unspecified atom stereocenters. The van der Waals surface area contributed by atoms with E-state index in [2.05, 4.69) is 30.9 Å². The van der Waals surface area contributed by atoms with Gasteiger partial charge in [0.1, 0.15) is 0 Å². The summed E-state index contributed by atoms with van der Waals surface area (Å²) in [5.74, 6) is 0.527. The monoisotopic (exact) mass is 275 g/mol. The van der Waals surface area contributed by atoms with E-state index in [0.717, 1.165) is 13.0 Å².